The van der Waals surface area contributed by atoms with Crippen molar-refractivity contribution in [2.45, 2.75) is 6.92 Å². The van der Waals surface area contributed by atoms with Crippen molar-refractivity contribution in [2.24, 2.45) is 0 Å². The van der Waals surface area contributed by atoms with E-state index < -0.39 is 10.2 Å². The van der Waals surface area contributed by atoms with Crippen molar-refractivity contribution in [2.75, 3.05) is 17.4 Å². The van der Waals surface area contributed by atoms with Gasteiger partial charge in [0.15, 0.2) is 0 Å². The maximum Gasteiger partial charge on any atom is 0.301 e. The molecule has 0 saturated carbocycles. The summed E-state index contributed by atoms with van der Waals surface area (Å²) in [5.41, 5.74) is 1.78. The van der Waals surface area contributed by atoms with Crippen LogP contribution in [0.4, 0.5) is 5.69 Å². The topological polar surface area (TPSA) is 49.4 Å². The number of aryl methyl sites for hydroxylation is 1. The SMILES string of the molecule is Cc1ccc(N2CCNS2(=O)=O)cc1Br. The van der Waals surface area contributed by atoms with Crippen LogP contribution in [-0.4, -0.2) is 21.5 Å². The molecule has 0 amide bonds. The molecule has 15 heavy (non-hydrogen) atoms. The van der Waals surface area contributed by atoms with E-state index in [1.807, 2.05) is 25.1 Å². The fourth-order valence-corrected chi connectivity index (χ4v) is 3.07. The third-order valence-electron chi connectivity index (χ3n) is 2.33. The summed E-state index contributed by atoms with van der Waals surface area (Å²) in [5, 5.41) is 0. The average molecular weight is 291 g/mol. The van der Waals surface area contributed by atoms with E-state index in [4.69, 9.17) is 0 Å². The van der Waals surface area contributed by atoms with Crippen LogP contribution in [0.3, 0.4) is 0 Å². The van der Waals surface area contributed by atoms with Crippen LogP contribution in [0.25, 0.3) is 0 Å². The maximum atomic E-state index is 11.6. The normalized spacial score (nSPS) is 19.5. The van der Waals surface area contributed by atoms with E-state index in [1.165, 1.54) is 4.31 Å². The fraction of sp³-hybridized carbons (Fsp3) is 0.333. The van der Waals surface area contributed by atoms with Crippen LogP contribution in [0.2, 0.25) is 0 Å². The monoisotopic (exact) mass is 290 g/mol. The van der Waals surface area contributed by atoms with E-state index in [-0.39, 0.29) is 0 Å². The Morgan fingerprint density at radius 2 is 2.20 bits per heavy atom. The molecule has 1 aromatic carbocycles. The summed E-state index contributed by atoms with van der Waals surface area (Å²) in [5.74, 6) is 0. The summed E-state index contributed by atoms with van der Waals surface area (Å²) in [6.07, 6.45) is 0. The molecule has 0 bridgehead atoms. The number of hydrogen-bond donors (Lipinski definition) is 1. The molecule has 0 aliphatic carbocycles. The van der Waals surface area contributed by atoms with Crippen molar-refractivity contribution in [1.29, 1.82) is 0 Å². The van der Waals surface area contributed by atoms with E-state index >= 15 is 0 Å². The Kier molecular flexibility index (Phi) is 2.74. The van der Waals surface area contributed by atoms with Crippen LogP contribution in [0.5, 0.6) is 0 Å². The lowest BCUT2D eigenvalue weighted by atomic mass is 10.2. The summed E-state index contributed by atoms with van der Waals surface area (Å²) in [7, 11) is -3.31. The predicted molar refractivity (Wildman–Crippen MR) is 63.1 cm³/mol. The average Bonchev–Trinajstić information content (AvgIpc) is 2.50. The van der Waals surface area contributed by atoms with Gasteiger partial charge in [-0.15, -0.1) is 0 Å². The van der Waals surface area contributed by atoms with Crippen molar-refractivity contribution in [1.82, 2.24) is 4.72 Å². The number of hydrogen-bond acceptors (Lipinski definition) is 2. The van der Waals surface area contributed by atoms with E-state index in [0.29, 0.717) is 18.8 Å². The summed E-state index contributed by atoms with van der Waals surface area (Å²) in [6.45, 7) is 2.91. The van der Waals surface area contributed by atoms with E-state index in [0.717, 1.165) is 10.0 Å². The van der Waals surface area contributed by atoms with Gasteiger partial charge in [-0.05, 0) is 24.6 Å². The lowest BCUT2D eigenvalue weighted by molar-refractivity contribution is 0.591. The van der Waals surface area contributed by atoms with Crippen molar-refractivity contribution in [3.63, 3.8) is 0 Å². The quantitative estimate of drug-likeness (QED) is 0.850. The highest BCUT2D eigenvalue weighted by Crippen LogP contribution is 2.26. The Balaban J connectivity index is 2.42. The zero-order chi connectivity index (χ0) is 11.1. The van der Waals surface area contributed by atoms with Crippen molar-refractivity contribution < 1.29 is 8.42 Å². The second kappa shape index (κ2) is 3.77. The summed E-state index contributed by atoms with van der Waals surface area (Å²) in [6, 6.07) is 5.53. The van der Waals surface area contributed by atoms with Crippen LogP contribution in [0, 0.1) is 6.92 Å². The molecule has 0 unspecified atom stereocenters. The van der Waals surface area contributed by atoms with Gasteiger partial charge in [-0.1, -0.05) is 22.0 Å². The van der Waals surface area contributed by atoms with Gasteiger partial charge in [0.1, 0.15) is 0 Å². The van der Waals surface area contributed by atoms with Gasteiger partial charge in [0.25, 0.3) is 0 Å². The molecule has 1 heterocycles. The second-order valence-electron chi connectivity index (χ2n) is 3.40. The Morgan fingerprint density at radius 3 is 2.73 bits per heavy atom. The summed E-state index contributed by atoms with van der Waals surface area (Å²) >= 11 is 3.39. The minimum Gasteiger partial charge on any atom is -0.256 e. The molecule has 1 aliphatic rings. The Morgan fingerprint density at radius 1 is 1.47 bits per heavy atom. The minimum atomic E-state index is -3.31. The van der Waals surface area contributed by atoms with Crippen LogP contribution >= 0.6 is 15.9 Å². The Labute approximate surface area is 97.6 Å². The first-order valence-electron chi connectivity index (χ1n) is 4.54. The van der Waals surface area contributed by atoms with Gasteiger partial charge in [0.2, 0.25) is 0 Å². The smallest absolute Gasteiger partial charge is 0.256 e. The van der Waals surface area contributed by atoms with E-state index in [2.05, 4.69) is 20.7 Å². The van der Waals surface area contributed by atoms with Gasteiger partial charge < -0.3 is 0 Å². The van der Waals surface area contributed by atoms with Gasteiger partial charge in [-0.25, -0.2) is 0 Å². The number of anilines is 1. The van der Waals surface area contributed by atoms with Crippen LogP contribution < -0.4 is 9.03 Å². The van der Waals surface area contributed by atoms with Gasteiger partial charge in [-0.3, -0.25) is 4.31 Å². The largest absolute Gasteiger partial charge is 0.301 e. The molecule has 82 valence electrons. The molecular weight excluding hydrogens is 280 g/mol. The molecule has 4 nitrogen and oxygen atoms in total. The molecule has 6 heteroatoms. The number of benzene rings is 1. The molecule has 2 rings (SSSR count). The second-order valence-corrected chi connectivity index (χ2v) is 5.94. The first-order chi connectivity index (χ1) is 7.00. The molecule has 1 saturated heterocycles. The first kappa shape index (κ1) is 10.9. The van der Waals surface area contributed by atoms with Gasteiger partial charge in [-0.2, -0.15) is 13.1 Å². The maximum absolute atomic E-state index is 11.6. The highest BCUT2D eigenvalue weighted by atomic mass is 79.9. The zero-order valence-corrected chi connectivity index (χ0v) is 10.6. The first-order valence-corrected chi connectivity index (χ1v) is 6.77. The van der Waals surface area contributed by atoms with Crippen molar-refractivity contribution in [3.05, 3.63) is 28.2 Å². The lowest BCUT2D eigenvalue weighted by Gasteiger charge is -2.16. The molecule has 0 radical (unpaired) electrons. The number of nitrogens with zero attached hydrogens (tertiary/aromatic N) is 1. The highest BCUT2D eigenvalue weighted by Gasteiger charge is 2.27. The Bertz CT molecular complexity index is 487. The van der Waals surface area contributed by atoms with Crippen LogP contribution in [0.1, 0.15) is 5.56 Å². The Hall–Kier alpha value is -0.590. The van der Waals surface area contributed by atoms with Crippen LogP contribution in [0.15, 0.2) is 22.7 Å². The summed E-state index contributed by atoms with van der Waals surface area (Å²) in [4.78, 5) is 0. The van der Waals surface area contributed by atoms with Gasteiger partial charge in [0, 0.05) is 17.6 Å². The minimum absolute atomic E-state index is 0.466. The molecule has 1 aromatic rings. The number of halogens is 1. The molecule has 1 aliphatic heterocycles. The standard InChI is InChI=1S/C9H11BrN2O2S/c1-7-2-3-8(6-9(7)10)12-5-4-11-15(12,13)14/h2-3,6,11H,4-5H2,1H3. The summed E-state index contributed by atoms with van der Waals surface area (Å²) < 4.78 is 27.9. The van der Waals surface area contributed by atoms with Gasteiger partial charge >= 0.3 is 10.2 Å². The molecule has 1 N–H and O–H groups in total. The molecule has 1 fully saturated rings. The molecule has 0 aromatic heterocycles. The molecule has 0 spiro atoms. The predicted octanol–water partition coefficient (Wildman–Crippen LogP) is 1.41. The van der Waals surface area contributed by atoms with E-state index in [9.17, 15) is 8.42 Å². The molecular formula is C9H11BrN2O2S. The molecule has 0 atom stereocenters. The number of rotatable bonds is 1. The van der Waals surface area contributed by atoms with Gasteiger partial charge in [0.05, 0.1) is 5.69 Å². The van der Waals surface area contributed by atoms with Crippen molar-refractivity contribution in [3.8, 4) is 0 Å². The lowest BCUT2D eigenvalue weighted by Crippen LogP contribution is -2.29. The highest BCUT2D eigenvalue weighted by molar-refractivity contribution is 9.10. The number of nitrogens with one attached hydrogen (secondary N) is 1. The third-order valence-corrected chi connectivity index (χ3v) is 4.73. The van der Waals surface area contributed by atoms with E-state index in [1.54, 1.807) is 0 Å². The van der Waals surface area contributed by atoms with Crippen molar-refractivity contribution >= 4 is 31.8 Å². The third kappa shape index (κ3) is 2.02. The van der Waals surface area contributed by atoms with Crippen LogP contribution in [-0.2, 0) is 10.2 Å². The fourth-order valence-electron chi connectivity index (χ4n) is 1.48. The zero-order valence-electron chi connectivity index (χ0n) is 8.20.